The fourth-order valence-corrected chi connectivity index (χ4v) is 2.62. The van der Waals surface area contributed by atoms with Gasteiger partial charge in [0.25, 0.3) is 0 Å². The summed E-state index contributed by atoms with van der Waals surface area (Å²) in [6.45, 7) is 0. The van der Waals surface area contributed by atoms with Crippen molar-refractivity contribution in [3.05, 3.63) is 47.8 Å². The second-order valence-electron chi connectivity index (χ2n) is 5.27. The van der Waals surface area contributed by atoms with Gasteiger partial charge in [-0.15, -0.1) is 0 Å². The SMILES string of the molecule is COc1cc(C(=O)Cc2ccc3nc[nH]c3c2)cc(OC)c1OC. The van der Waals surface area contributed by atoms with Crippen LogP contribution < -0.4 is 14.2 Å². The molecule has 1 heterocycles. The van der Waals surface area contributed by atoms with Gasteiger partial charge in [-0.2, -0.15) is 0 Å². The summed E-state index contributed by atoms with van der Waals surface area (Å²) in [4.78, 5) is 19.9. The molecule has 1 aromatic heterocycles. The van der Waals surface area contributed by atoms with Crippen molar-refractivity contribution in [1.82, 2.24) is 9.97 Å². The van der Waals surface area contributed by atoms with E-state index in [4.69, 9.17) is 14.2 Å². The van der Waals surface area contributed by atoms with Gasteiger partial charge in [0.1, 0.15) is 0 Å². The van der Waals surface area contributed by atoms with E-state index in [1.165, 1.54) is 21.3 Å². The lowest BCUT2D eigenvalue weighted by molar-refractivity contribution is 0.0992. The van der Waals surface area contributed by atoms with E-state index in [2.05, 4.69) is 9.97 Å². The molecule has 3 rings (SSSR count). The molecule has 0 spiro atoms. The quantitative estimate of drug-likeness (QED) is 0.705. The summed E-state index contributed by atoms with van der Waals surface area (Å²) >= 11 is 0. The molecule has 0 aliphatic heterocycles. The van der Waals surface area contributed by atoms with Gasteiger partial charge in [-0.25, -0.2) is 4.98 Å². The first-order chi connectivity index (χ1) is 11.7. The number of Topliss-reactive ketones (excluding diaryl/α,β-unsaturated/α-hetero) is 1. The summed E-state index contributed by atoms with van der Waals surface area (Å²) in [6.07, 6.45) is 1.91. The van der Waals surface area contributed by atoms with Gasteiger partial charge in [0.05, 0.1) is 38.7 Å². The summed E-state index contributed by atoms with van der Waals surface area (Å²) in [7, 11) is 4.58. The standard InChI is InChI=1S/C18H18N2O4/c1-22-16-8-12(9-17(23-2)18(16)24-3)15(21)7-11-4-5-13-14(6-11)20-10-19-13/h4-6,8-10H,7H2,1-3H3,(H,19,20). The van der Waals surface area contributed by atoms with Gasteiger partial charge in [-0.1, -0.05) is 6.07 Å². The van der Waals surface area contributed by atoms with Crippen LogP contribution in [-0.2, 0) is 6.42 Å². The molecule has 0 saturated carbocycles. The van der Waals surface area contributed by atoms with E-state index in [1.54, 1.807) is 18.5 Å². The van der Waals surface area contributed by atoms with Gasteiger partial charge < -0.3 is 19.2 Å². The molecular formula is C18H18N2O4. The van der Waals surface area contributed by atoms with Crippen molar-refractivity contribution >= 4 is 16.8 Å². The molecule has 6 nitrogen and oxygen atoms in total. The Balaban J connectivity index is 1.91. The largest absolute Gasteiger partial charge is 0.493 e. The molecule has 0 aliphatic rings. The lowest BCUT2D eigenvalue weighted by Gasteiger charge is -2.13. The highest BCUT2D eigenvalue weighted by atomic mass is 16.5. The van der Waals surface area contributed by atoms with Crippen molar-refractivity contribution in [2.75, 3.05) is 21.3 Å². The molecule has 1 N–H and O–H groups in total. The van der Waals surface area contributed by atoms with Gasteiger partial charge in [0, 0.05) is 12.0 Å². The third-order valence-corrected chi connectivity index (χ3v) is 3.84. The summed E-state index contributed by atoms with van der Waals surface area (Å²) in [5.74, 6) is 1.36. The van der Waals surface area contributed by atoms with Crippen LogP contribution in [0.5, 0.6) is 17.2 Å². The Kier molecular flexibility index (Phi) is 4.37. The number of aromatic nitrogens is 2. The van der Waals surface area contributed by atoms with Crippen molar-refractivity contribution in [2.24, 2.45) is 0 Å². The first kappa shape index (κ1) is 15.9. The van der Waals surface area contributed by atoms with Crippen molar-refractivity contribution in [1.29, 1.82) is 0 Å². The molecule has 3 aromatic rings. The molecule has 0 saturated heterocycles. The van der Waals surface area contributed by atoms with Crippen LogP contribution in [0.2, 0.25) is 0 Å². The lowest BCUT2D eigenvalue weighted by atomic mass is 10.0. The minimum Gasteiger partial charge on any atom is -0.493 e. The molecule has 2 aromatic carbocycles. The Hall–Kier alpha value is -3.02. The Labute approximate surface area is 139 Å². The third-order valence-electron chi connectivity index (χ3n) is 3.84. The first-order valence-electron chi connectivity index (χ1n) is 7.41. The Bertz CT molecular complexity index is 861. The molecule has 0 aliphatic carbocycles. The number of benzene rings is 2. The third kappa shape index (κ3) is 2.90. The number of rotatable bonds is 6. The van der Waals surface area contributed by atoms with Crippen LogP contribution >= 0.6 is 0 Å². The number of aromatic amines is 1. The molecule has 0 radical (unpaired) electrons. The van der Waals surface area contributed by atoms with E-state index in [0.717, 1.165) is 16.6 Å². The minimum atomic E-state index is -0.0341. The van der Waals surface area contributed by atoms with Gasteiger partial charge in [0.2, 0.25) is 5.75 Å². The molecule has 124 valence electrons. The van der Waals surface area contributed by atoms with Gasteiger partial charge in [-0.3, -0.25) is 4.79 Å². The van der Waals surface area contributed by atoms with E-state index in [9.17, 15) is 4.79 Å². The fourth-order valence-electron chi connectivity index (χ4n) is 2.62. The molecule has 24 heavy (non-hydrogen) atoms. The number of nitrogens with zero attached hydrogens (tertiary/aromatic N) is 1. The van der Waals surface area contributed by atoms with Gasteiger partial charge in [0.15, 0.2) is 17.3 Å². The van der Waals surface area contributed by atoms with Crippen LogP contribution in [0.3, 0.4) is 0 Å². The maximum atomic E-state index is 12.6. The van der Waals surface area contributed by atoms with E-state index in [-0.39, 0.29) is 12.2 Å². The normalized spacial score (nSPS) is 10.6. The minimum absolute atomic E-state index is 0.0341. The Morgan fingerprint density at radius 2 is 1.75 bits per heavy atom. The molecule has 0 atom stereocenters. The van der Waals surface area contributed by atoms with E-state index in [0.29, 0.717) is 22.8 Å². The number of carbonyl (C=O) groups excluding carboxylic acids is 1. The molecule has 0 amide bonds. The first-order valence-corrected chi connectivity index (χ1v) is 7.41. The highest BCUT2D eigenvalue weighted by Gasteiger charge is 2.17. The molecule has 6 heteroatoms. The predicted octanol–water partition coefficient (Wildman–Crippen LogP) is 3.01. The van der Waals surface area contributed by atoms with Crippen LogP contribution in [0.15, 0.2) is 36.7 Å². The number of methoxy groups -OCH3 is 3. The number of ketones is 1. The highest BCUT2D eigenvalue weighted by Crippen LogP contribution is 2.38. The topological polar surface area (TPSA) is 73.4 Å². The average molecular weight is 326 g/mol. The average Bonchev–Trinajstić information content (AvgIpc) is 3.07. The summed E-state index contributed by atoms with van der Waals surface area (Å²) < 4.78 is 15.9. The number of nitrogens with one attached hydrogen (secondary N) is 1. The summed E-state index contributed by atoms with van der Waals surface area (Å²) in [6, 6.07) is 9.05. The number of imidazole rings is 1. The number of hydrogen-bond acceptors (Lipinski definition) is 5. The number of fused-ring (bicyclic) bond motifs is 1. The van der Waals surface area contributed by atoms with Crippen molar-refractivity contribution in [2.45, 2.75) is 6.42 Å². The lowest BCUT2D eigenvalue weighted by Crippen LogP contribution is -2.05. The van der Waals surface area contributed by atoms with Crippen LogP contribution in [0, 0.1) is 0 Å². The van der Waals surface area contributed by atoms with Crippen LogP contribution in [-0.4, -0.2) is 37.1 Å². The van der Waals surface area contributed by atoms with Crippen LogP contribution in [0.25, 0.3) is 11.0 Å². The molecule has 0 fully saturated rings. The Morgan fingerprint density at radius 3 is 2.38 bits per heavy atom. The maximum absolute atomic E-state index is 12.6. The van der Waals surface area contributed by atoms with Gasteiger partial charge >= 0.3 is 0 Å². The molecule has 0 bridgehead atoms. The van der Waals surface area contributed by atoms with Crippen molar-refractivity contribution in [3.8, 4) is 17.2 Å². The smallest absolute Gasteiger partial charge is 0.203 e. The highest BCUT2D eigenvalue weighted by molar-refractivity contribution is 5.99. The van der Waals surface area contributed by atoms with Crippen LogP contribution in [0.1, 0.15) is 15.9 Å². The van der Waals surface area contributed by atoms with Crippen molar-refractivity contribution in [3.63, 3.8) is 0 Å². The zero-order chi connectivity index (χ0) is 17.1. The Morgan fingerprint density at radius 1 is 1.04 bits per heavy atom. The predicted molar refractivity (Wildman–Crippen MR) is 90.2 cm³/mol. The number of ether oxygens (including phenoxy) is 3. The van der Waals surface area contributed by atoms with E-state index >= 15 is 0 Å². The monoisotopic (exact) mass is 326 g/mol. The zero-order valence-electron chi connectivity index (χ0n) is 13.8. The number of carbonyl (C=O) groups is 1. The summed E-state index contributed by atoms with van der Waals surface area (Å²) in [5, 5.41) is 0. The maximum Gasteiger partial charge on any atom is 0.203 e. The second kappa shape index (κ2) is 6.62. The molecule has 0 unspecified atom stereocenters. The molecular weight excluding hydrogens is 308 g/mol. The fraction of sp³-hybridized carbons (Fsp3) is 0.222. The zero-order valence-corrected chi connectivity index (χ0v) is 13.8. The second-order valence-corrected chi connectivity index (χ2v) is 5.27. The summed E-state index contributed by atoms with van der Waals surface area (Å²) in [5.41, 5.74) is 3.20. The number of hydrogen-bond donors (Lipinski definition) is 1. The number of H-pyrrole nitrogens is 1. The van der Waals surface area contributed by atoms with E-state index < -0.39 is 0 Å². The van der Waals surface area contributed by atoms with Gasteiger partial charge in [-0.05, 0) is 29.8 Å². The van der Waals surface area contributed by atoms with E-state index in [1.807, 2.05) is 18.2 Å². The van der Waals surface area contributed by atoms with Crippen LogP contribution in [0.4, 0.5) is 0 Å². The van der Waals surface area contributed by atoms with Crippen molar-refractivity contribution < 1.29 is 19.0 Å².